The molecule has 2 aromatic rings. The summed E-state index contributed by atoms with van der Waals surface area (Å²) in [6.07, 6.45) is 0. The van der Waals surface area contributed by atoms with Crippen LogP contribution in [0.2, 0.25) is 0 Å². The topological polar surface area (TPSA) is 78.4 Å². The summed E-state index contributed by atoms with van der Waals surface area (Å²) in [6, 6.07) is 8.90. The number of ether oxygens (including phenoxy) is 1. The molecule has 5 nitrogen and oxygen atoms in total. The molecule has 0 saturated carbocycles. The maximum atomic E-state index is 13.5. The largest absolute Gasteiger partial charge is 0.457 e. The zero-order valence-corrected chi connectivity index (χ0v) is 10.8. The van der Waals surface area contributed by atoms with E-state index < -0.39 is 16.4 Å². The summed E-state index contributed by atoms with van der Waals surface area (Å²) in [5, 5.41) is 10.5. The third kappa shape index (κ3) is 2.92. The van der Waals surface area contributed by atoms with E-state index in [1.54, 1.807) is 6.07 Å². The molecule has 0 aliphatic carbocycles. The fourth-order valence-electron chi connectivity index (χ4n) is 1.71. The van der Waals surface area contributed by atoms with Gasteiger partial charge in [0.2, 0.25) is 5.82 Å². The second-order valence-corrected chi connectivity index (χ2v) is 4.28. The van der Waals surface area contributed by atoms with Gasteiger partial charge in [0.25, 0.3) is 0 Å². The number of nitro groups is 1. The minimum atomic E-state index is -0.930. The van der Waals surface area contributed by atoms with Crippen molar-refractivity contribution in [3.63, 3.8) is 0 Å². The number of nitrogens with zero attached hydrogens (tertiary/aromatic N) is 1. The number of hydrogen-bond donors (Lipinski definition) is 1. The second kappa shape index (κ2) is 5.66. The van der Waals surface area contributed by atoms with E-state index in [1.807, 2.05) is 19.1 Å². The summed E-state index contributed by atoms with van der Waals surface area (Å²) in [5.41, 5.74) is 6.71. The Hall–Kier alpha value is -2.47. The van der Waals surface area contributed by atoms with Gasteiger partial charge in [-0.2, -0.15) is 4.39 Å². The molecule has 104 valence electrons. The van der Waals surface area contributed by atoms with E-state index in [9.17, 15) is 14.5 Å². The van der Waals surface area contributed by atoms with Crippen molar-refractivity contribution in [2.75, 3.05) is 0 Å². The number of aryl methyl sites for hydroxylation is 1. The normalized spacial score (nSPS) is 10.3. The molecule has 2 aromatic carbocycles. The summed E-state index contributed by atoms with van der Waals surface area (Å²) in [7, 11) is 0. The minimum Gasteiger partial charge on any atom is -0.457 e. The Morgan fingerprint density at radius 1 is 1.30 bits per heavy atom. The van der Waals surface area contributed by atoms with Gasteiger partial charge in [-0.3, -0.25) is 10.1 Å². The quantitative estimate of drug-likeness (QED) is 0.686. The second-order valence-electron chi connectivity index (χ2n) is 4.28. The van der Waals surface area contributed by atoms with Crippen LogP contribution in [-0.4, -0.2) is 4.92 Å². The summed E-state index contributed by atoms with van der Waals surface area (Å²) in [4.78, 5) is 9.76. The monoisotopic (exact) mass is 276 g/mol. The summed E-state index contributed by atoms with van der Waals surface area (Å²) >= 11 is 0. The molecule has 0 aliphatic rings. The molecule has 0 aromatic heterocycles. The third-order valence-corrected chi connectivity index (χ3v) is 2.83. The molecule has 0 heterocycles. The van der Waals surface area contributed by atoms with Crippen molar-refractivity contribution in [2.45, 2.75) is 13.5 Å². The van der Waals surface area contributed by atoms with Crippen LogP contribution in [0.1, 0.15) is 11.1 Å². The van der Waals surface area contributed by atoms with Gasteiger partial charge in [-0.1, -0.05) is 12.1 Å². The van der Waals surface area contributed by atoms with Gasteiger partial charge in [-0.15, -0.1) is 0 Å². The number of rotatable bonds is 4. The first-order chi connectivity index (χ1) is 9.51. The Kier molecular flexibility index (Phi) is 3.95. The van der Waals surface area contributed by atoms with Gasteiger partial charge in [0.1, 0.15) is 11.5 Å². The smallest absolute Gasteiger partial charge is 0.305 e. The van der Waals surface area contributed by atoms with Crippen LogP contribution in [0.3, 0.4) is 0 Å². The van der Waals surface area contributed by atoms with Crippen molar-refractivity contribution in [1.82, 2.24) is 0 Å². The van der Waals surface area contributed by atoms with Crippen molar-refractivity contribution < 1.29 is 14.1 Å². The first-order valence-electron chi connectivity index (χ1n) is 5.92. The molecule has 20 heavy (non-hydrogen) atoms. The van der Waals surface area contributed by atoms with E-state index >= 15 is 0 Å². The number of nitro benzene ring substituents is 1. The lowest BCUT2D eigenvalue weighted by molar-refractivity contribution is -0.387. The number of nitrogens with two attached hydrogens (primary N) is 1. The Balaban J connectivity index is 2.30. The molecule has 2 rings (SSSR count). The predicted molar refractivity (Wildman–Crippen MR) is 72.2 cm³/mol. The fraction of sp³-hybridized carbons (Fsp3) is 0.143. The maximum Gasteiger partial charge on any atom is 0.305 e. The van der Waals surface area contributed by atoms with Crippen molar-refractivity contribution in [1.29, 1.82) is 0 Å². The lowest BCUT2D eigenvalue weighted by Gasteiger charge is -2.10. The number of halogens is 1. The van der Waals surface area contributed by atoms with Gasteiger partial charge < -0.3 is 10.5 Å². The molecule has 0 amide bonds. The molecular weight excluding hydrogens is 263 g/mol. The number of benzene rings is 2. The van der Waals surface area contributed by atoms with E-state index in [-0.39, 0.29) is 5.75 Å². The molecule has 0 radical (unpaired) electrons. The van der Waals surface area contributed by atoms with Crippen molar-refractivity contribution in [3.8, 4) is 11.5 Å². The Bertz CT molecular complexity index is 659. The van der Waals surface area contributed by atoms with Gasteiger partial charge in [0, 0.05) is 18.7 Å². The molecule has 0 aliphatic heterocycles. The van der Waals surface area contributed by atoms with E-state index in [4.69, 9.17) is 10.5 Å². The lowest BCUT2D eigenvalue weighted by Crippen LogP contribution is -1.98. The molecule has 2 N–H and O–H groups in total. The molecule has 0 spiro atoms. The number of hydrogen-bond acceptors (Lipinski definition) is 4. The minimum absolute atomic E-state index is 0.199. The van der Waals surface area contributed by atoms with Crippen LogP contribution in [0.5, 0.6) is 11.5 Å². The van der Waals surface area contributed by atoms with Crippen LogP contribution >= 0.6 is 0 Å². The molecule has 0 saturated heterocycles. The zero-order chi connectivity index (χ0) is 14.7. The average molecular weight is 276 g/mol. The molecule has 0 atom stereocenters. The van der Waals surface area contributed by atoms with Crippen molar-refractivity contribution >= 4 is 5.69 Å². The first kappa shape index (κ1) is 14.0. The third-order valence-electron chi connectivity index (χ3n) is 2.83. The van der Waals surface area contributed by atoms with Crippen LogP contribution in [0.25, 0.3) is 0 Å². The standard InChI is InChI=1S/C14H13FN2O3/c1-9-2-3-10(8-16)6-14(9)20-11-4-5-13(17(18)19)12(15)7-11/h2-7H,8,16H2,1H3. The Morgan fingerprint density at radius 2 is 2.05 bits per heavy atom. The van der Waals surface area contributed by atoms with Gasteiger partial charge in [0.05, 0.1) is 4.92 Å². The summed E-state index contributed by atoms with van der Waals surface area (Å²) in [6.45, 7) is 2.21. The van der Waals surface area contributed by atoms with Gasteiger partial charge in [0.15, 0.2) is 0 Å². The summed E-state index contributed by atoms with van der Waals surface area (Å²) in [5.74, 6) is -0.188. The van der Waals surface area contributed by atoms with E-state index in [0.29, 0.717) is 12.3 Å². The van der Waals surface area contributed by atoms with E-state index in [1.165, 1.54) is 6.07 Å². The molecule has 0 unspecified atom stereocenters. The first-order valence-corrected chi connectivity index (χ1v) is 5.92. The van der Waals surface area contributed by atoms with E-state index in [2.05, 4.69) is 0 Å². The predicted octanol–water partition coefficient (Wildman–Crippen LogP) is 3.29. The highest BCUT2D eigenvalue weighted by atomic mass is 19.1. The van der Waals surface area contributed by atoms with Crippen LogP contribution in [0, 0.1) is 22.9 Å². The highest BCUT2D eigenvalue weighted by Gasteiger charge is 2.15. The SMILES string of the molecule is Cc1ccc(CN)cc1Oc1ccc([N+](=O)[O-])c(F)c1. The van der Waals surface area contributed by atoms with Gasteiger partial charge >= 0.3 is 5.69 Å². The molecule has 0 bridgehead atoms. The van der Waals surface area contributed by atoms with Crippen LogP contribution in [0.15, 0.2) is 36.4 Å². The Morgan fingerprint density at radius 3 is 2.65 bits per heavy atom. The maximum absolute atomic E-state index is 13.5. The van der Waals surface area contributed by atoms with Gasteiger partial charge in [-0.25, -0.2) is 0 Å². The van der Waals surface area contributed by atoms with Crippen LogP contribution in [-0.2, 0) is 6.54 Å². The Labute approximate surface area is 114 Å². The fourth-order valence-corrected chi connectivity index (χ4v) is 1.71. The molecule has 0 fully saturated rings. The van der Waals surface area contributed by atoms with Crippen LogP contribution in [0.4, 0.5) is 10.1 Å². The zero-order valence-electron chi connectivity index (χ0n) is 10.8. The molecule has 6 heteroatoms. The summed E-state index contributed by atoms with van der Waals surface area (Å²) < 4.78 is 19.1. The van der Waals surface area contributed by atoms with Crippen molar-refractivity contribution in [2.24, 2.45) is 5.73 Å². The highest BCUT2D eigenvalue weighted by Crippen LogP contribution is 2.29. The average Bonchev–Trinajstić information content (AvgIpc) is 2.41. The highest BCUT2D eigenvalue weighted by molar-refractivity contribution is 5.43. The van der Waals surface area contributed by atoms with E-state index in [0.717, 1.165) is 23.3 Å². The van der Waals surface area contributed by atoms with Crippen LogP contribution < -0.4 is 10.5 Å². The van der Waals surface area contributed by atoms with Gasteiger partial charge in [-0.05, 0) is 30.2 Å². The van der Waals surface area contributed by atoms with Crippen molar-refractivity contribution in [3.05, 3.63) is 63.5 Å². The lowest BCUT2D eigenvalue weighted by atomic mass is 10.1. The molecular formula is C14H13FN2O3.